The number of carbonyl (C=O) groups is 3. The van der Waals surface area contributed by atoms with Crippen molar-refractivity contribution in [3.05, 3.63) is 82.0 Å². The molecule has 1 aliphatic carbocycles. The Morgan fingerprint density at radius 1 is 0.943 bits per heavy atom. The number of ether oxygens (including phenoxy) is 1. The molecule has 3 N–H and O–H groups in total. The molecule has 0 fully saturated rings. The van der Waals surface area contributed by atoms with E-state index in [0.717, 1.165) is 22.3 Å². The van der Waals surface area contributed by atoms with Gasteiger partial charge in [0.05, 0.1) is 0 Å². The molecular formula is C27H28N2O5S. The van der Waals surface area contributed by atoms with Crippen LogP contribution in [0.1, 0.15) is 48.2 Å². The number of aliphatic carboxylic acids is 1. The Hall–Kier alpha value is -3.65. The fourth-order valence-corrected chi connectivity index (χ4v) is 5.14. The minimum absolute atomic E-state index is 0.0585. The van der Waals surface area contributed by atoms with E-state index in [9.17, 15) is 19.5 Å². The minimum Gasteiger partial charge on any atom is -0.479 e. The summed E-state index contributed by atoms with van der Waals surface area (Å²) in [6.45, 7) is 3.95. The molecule has 0 bridgehead atoms. The molecule has 1 heterocycles. The molecule has 0 aliphatic heterocycles. The number of carboxylic acid groups (broad SMARTS) is 1. The average Bonchev–Trinajstić information content (AvgIpc) is 3.47. The Morgan fingerprint density at radius 3 is 2.11 bits per heavy atom. The number of fused-ring (bicyclic) bond motifs is 3. The van der Waals surface area contributed by atoms with Gasteiger partial charge in [0.1, 0.15) is 6.61 Å². The molecule has 2 amide bonds. The van der Waals surface area contributed by atoms with Gasteiger partial charge < -0.3 is 20.5 Å². The van der Waals surface area contributed by atoms with Gasteiger partial charge in [-0.1, -0.05) is 68.4 Å². The molecule has 182 valence electrons. The number of carboxylic acids is 1. The number of benzene rings is 2. The summed E-state index contributed by atoms with van der Waals surface area (Å²) in [4.78, 5) is 37.5. The number of hydrogen-bond acceptors (Lipinski definition) is 5. The minimum atomic E-state index is -1.13. The van der Waals surface area contributed by atoms with E-state index in [-0.39, 0.29) is 24.9 Å². The normalized spacial score (nSPS) is 14.0. The number of thiophene rings is 1. The molecule has 2 atom stereocenters. The lowest BCUT2D eigenvalue weighted by Crippen LogP contribution is -2.44. The van der Waals surface area contributed by atoms with Gasteiger partial charge in [0.2, 0.25) is 5.91 Å². The maximum Gasteiger partial charge on any atom is 0.407 e. The monoisotopic (exact) mass is 492 g/mol. The van der Waals surface area contributed by atoms with Crippen molar-refractivity contribution in [1.29, 1.82) is 0 Å². The Balaban J connectivity index is 1.36. The first-order valence-corrected chi connectivity index (χ1v) is 12.4. The van der Waals surface area contributed by atoms with Gasteiger partial charge in [-0.25, -0.2) is 9.59 Å². The second-order valence-electron chi connectivity index (χ2n) is 8.88. The Bertz CT molecular complexity index is 1160. The Morgan fingerprint density at radius 2 is 1.57 bits per heavy atom. The third-order valence-electron chi connectivity index (χ3n) is 6.24. The summed E-state index contributed by atoms with van der Waals surface area (Å²) in [6, 6.07) is 18.0. The van der Waals surface area contributed by atoms with Crippen LogP contribution in [0, 0.1) is 5.92 Å². The van der Waals surface area contributed by atoms with Crippen LogP contribution >= 0.6 is 11.3 Å². The molecule has 0 saturated carbocycles. The van der Waals surface area contributed by atoms with E-state index in [1.54, 1.807) is 17.5 Å². The van der Waals surface area contributed by atoms with Gasteiger partial charge >= 0.3 is 12.1 Å². The number of amides is 2. The summed E-state index contributed by atoms with van der Waals surface area (Å²) >= 11 is 1.26. The quantitative estimate of drug-likeness (QED) is 0.392. The molecule has 3 aromatic rings. The number of hydrogen-bond donors (Lipinski definition) is 3. The van der Waals surface area contributed by atoms with Gasteiger partial charge in [0.25, 0.3) is 0 Å². The molecule has 1 unspecified atom stereocenters. The zero-order valence-electron chi connectivity index (χ0n) is 19.6. The van der Waals surface area contributed by atoms with Crippen LogP contribution in [0.25, 0.3) is 11.1 Å². The average molecular weight is 493 g/mol. The highest BCUT2D eigenvalue weighted by Crippen LogP contribution is 2.44. The van der Waals surface area contributed by atoms with E-state index < -0.39 is 30.1 Å². The third-order valence-corrected chi connectivity index (χ3v) is 7.17. The van der Waals surface area contributed by atoms with E-state index in [1.165, 1.54) is 11.3 Å². The van der Waals surface area contributed by atoms with Crippen LogP contribution in [-0.4, -0.2) is 35.7 Å². The fraction of sp³-hybridized carbons (Fsp3) is 0.296. The van der Waals surface area contributed by atoms with Gasteiger partial charge in [0, 0.05) is 23.3 Å². The third kappa shape index (κ3) is 5.54. The summed E-state index contributed by atoms with van der Waals surface area (Å²) in [7, 11) is 0. The van der Waals surface area contributed by atoms with E-state index >= 15 is 0 Å². The van der Waals surface area contributed by atoms with Crippen molar-refractivity contribution >= 4 is 29.3 Å². The van der Waals surface area contributed by atoms with E-state index in [2.05, 4.69) is 34.9 Å². The summed E-state index contributed by atoms with van der Waals surface area (Å²) in [6.07, 6.45) is -0.664. The van der Waals surface area contributed by atoms with Crippen molar-refractivity contribution in [3.8, 4) is 11.1 Å². The van der Waals surface area contributed by atoms with Crippen molar-refractivity contribution in [2.45, 2.75) is 38.3 Å². The molecule has 1 aliphatic rings. The molecule has 2 aromatic carbocycles. The predicted molar refractivity (Wildman–Crippen MR) is 134 cm³/mol. The highest BCUT2D eigenvalue weighted by Gasteiger charge is 2.30. The van der Waals surface area contributed by atoms with Crippen LogP contribution in [0.5, 0.6) is 0 Å². The fourth-order valence-electron chi connectivity index (χ4n) is 4.37. The lowest BCUT2D eigenvalue weighted by atomic mass is 9.98. The largest absolute Gasteiger partial charge is 0.479 e. The van der Waals surface area contributed by atoms with Crippen LogP contribution in [-0.2, 0) is 14.3 Å². The SMILES string of the molecule is CC(C)[C@H](CC(=O)NC(C(=O)O)c1cccs1)NC(=O)OCC1c2ccccc2-c2ccccc21. The Labute approximate surface area is 208 Å². The van der Waals surface area contributed by atoms with E-state index in [0.29, 0.717) is 4.88 Å². The molecule has 1 aromatic heterocycles. The summed E-state index contributed by atoms with van der Waals surface area (Å²) in [5.41, 5.74) is 4.53. The van der Waals surface area contributed by atoms with Gasteiger partial charge in [-0.2, -0.15) is 0 Å². The van der Waals surface area contributed by atoms with Crippen LogP contribution in [0.15, 0.2) is 66.0 Å². The van der Waals surface area contributed by atoms with Crippen LogP contribution in [0.2, 0.25) is 0 Å². The molecule has 0 saturated heterocycles. The topological polar surface area (TPSA) is 105 Å². The standard InChI is InChI=1S/C27H28N2O5S/c1-16(2)22(14-24(30)29-25(26(31)32)23-12-7-13-35-23)28-27(33)34-15-21-19-10-5-3-8-17(19)18-9-4-6-11-20(18)21/h3-13,16,21-22,25H,14-15H2,1-2H3,(H,28,33)(H,29,30)(H,31,32)/t22-,25?/m0/s1. The Kier molecular flexibility index (Phi) is 7.51. The first-order chi connectivity index (χ1) is 16.8. The number of carbonyl (C=O) groups excluding carboxylic acids is 2. The van der Waals surface area contributed by atoms with Crippen molar-refractivity contribution in [1.82, 2.24) is 10.6 Å². The molecule has 0 spiro atoms. The highest BCUT2D eigenvalue weighted by atomic mass is 32.1. The number of rotatable bonds is 9. The van der Waals surface area contributed by atoms with Crippen molar-refractivity contribution in [2.75, 3.05) is 6.61 Å². The lowest BCUT2D eigenvalue weighted by molar-refractivity contribution is -0.142. The second kappa shape index (κ2) is 10.7. The van der Waals surface area contributed by atoms with Crippen LogP contribution in [0.4, 0.5) is 4.79 Å². The number of alkyl carbamates (subject to hydrolysis) is 1. The molecular weight excluding hydrogens is 464 g/mol. The summed E-state index contributed by atoms with van der Waals surface area (Å²) < 4.78 is 5.61. The smallest absolute Gasteiger partial charge is 0.407 e. The van der Waals surface area contributed by atoms with Gasteiger partial charge in [0.15, 0.2) is 6.04 Å². The molecule has 35 heavy (non-hydrogen) atoms. The molecule has 4 rings (SSSR count). The van der Waals surface area contributed by atoms with Gasteiger partial charge in [-0.15, -0.1) is 11.3 Å². The maximum atomic E-state index is 12.7. The first-order valence-electron chi connectivity index (χ1n) is 11.5. The zero-order chi connectivity index (χ0) is 24.9. The summed E-state index contributed by atoms with van der Waals surface area (Å²) in [5, 5.41) is 16.6. The molecule has 7 nitrogen and oxygen atoms in total. The van der Waals surface area contributed by atoms with Crippen molar-refractivity contribution < 1.29 is 24.2 Å². The van der Waals surface area contributed by atoms with E-state index in [4.69, 9.17) is 4.74 Å². The van der Waals surface area contributed by atoms with E-state index in [1.807, 2.05) is 38.1 Å². The molecule has 0 radical (unpaired) electrons. The zero-order valence-corrected chi connectivity index (χ0v) is 20.4. The predicted octanol–water partition coefficient (Wildman–Crippen LogP) is 4.94. The first kappa shape index (κ1) is 24.5. The lowest BCUT2D eigenvalue weighted by Gasteiger charge is -2.23. The van der Waals surface area contributed by atoms with Gasteiger partial charge in [-0.3, -0.25) is 4.79 Å². The molecule has 8 heteroatoms. The maximum absolute atomic E-state index is 12.7. The van der Waals surface area contributed by atoms with Crippen LogP contribution < -0.4 is 10.6 Å². The summed E-state index contributed by atoms with van der Waals surface area (Å²) in [5.74, 6) is -1.71. The van der Waals surface area contributed by atoms with Crippen molar-refractivity contribution in [3.63, 3.8) is 0 Å². The van der Waals surface area contributed by atoms with Gasteiger partial charge in [-0.05, 0) is 39.6 Å². The number of nitrogens with one attached hydrogen (secondary N) is 2. The van der Waals surface area contributed by atoms with Crippen LogP contribution in [0.3, 0.4) is 0 Å². The highest BCUT2D eigenvalue weighted by molar-refractivity contribution is 7.10. The second-order valence-corrected chi connectivity index (χ2v) is 9.86. The van der Waals surface area contributed by atoms with Crippen molar-refractivity contribution in [2.24, 2.45) is 5.92 Å².